The zero-order chi connectivity index (χ0) is 18.4. The predicted octanol–water partition coefficient (Wildman–Crippen LogP) is 3.85. The van der Waals surface area contributed by atoms with Gasteiger partial charge in [-0.3, -0.25) is 4.79 Å². The molecule has 0 saturated carbocycles. The summed E-state index contributed by atoms with van der Waals surface area (Å²) in [5, 5.41) is 6.58. The topological polar surface area (TPSA) is 64.4 Å². The first kappa shape index (κ1) is 17.7. The molecule has 0 aliphatic rings. The number of rotatable bonds is 7. The Bertz CT molecular complexity index is 875. The fraction of sp³-hybridized carbons (Fsp3) is 0.200. The average molecular weight is 354 g/mol. The van der Waals surface area contributed by atoms with E-state index in [1.807, 2.05) is 12.1 Å². The van der Waals surface area contributed by atoms with Crippen LogP contribution in [0.5, 0.6) is 5.75 Å². The van der Waals surface area contributed by atoms with Crippen LogP contribution in [0.3, 0.4) is 0 Å². The second-order valence-corrected chi connectivity index (χ2v) is 5.76. The SMILES string of the molecule is COc1ccc(-c2cc(C(=O)NCCCc3ccccc3F)no2)cc1. The molecule has 0 spiro atoms. The highest BCUT2D eigenvalue weighted by Crippen LogP contribution is 2.23. The fourth-order valence-electron chi connectivity index (χ4n) is 2.55. The van der Waals surface area contributed by atoms with E-state index in [0.717, 1.165) is 11.3 Å². The van der Waals surface area contributed by atoms with Gasteiger partial charge in [0.05, 0.1) is 7.11 Å². The molecule has 0 atom stereocenters. The van der Waals surface area contributed by atoms with E-state index < -0.39 is 0 Å². The number of hydrogen-bond donors (Lipinski definition) is 1. The summed E-state index contributed by atoms with van der Waals surface area (Å²) in [5.74, 6) is 0.701. The van der Waals surface area contributed by atoms with Crippen LogP contribution in [0.1, 0.15) is 22.5 Å². The largest absolute Gasteiger partial charge is 0.497 e. The highest BCUT2D eigenvalue weighted by molar-refractivity contribution is 5.93. The molecule has 134 valence electrons. The smallest absolute Gasteiger partial charge is 0.273 e. The van der Waals surface area contributed by atoms with E-state index in [1.165, 1.54) is 6.07 Å². The van der Waals surface area contributed by atoms with Gasteiger partial charge in [-0.2, -0.15) is 0 Å². The van der Waals surface area contributed by atoms with Gasteiger partial charge < -0.3 is 14.6 Å². The summed E-state index contributed by atoms with van der Waals surface area (Å²) >= 11 is 0. The third-order valence-corrected chi connectivity index (χ3v) is 3.98. The fourth-order valence-corrected chi connectivity index (χ4v) is 2.55. The Balaban J connectivity index is 1.52. The lowest BCUT2D eigenvalue weighted by Crippen LogP contribution is -2.25. The summed E-state index contributed by atoms with van der Waals surface area (Å²) in [7, 11) is 1.60. The number of nitrogens with one attached hydrogen (secondary N) is 1. The highest BCUT2D eigenvalue weighted by Gasteiger charge is 2.13. The average Bonchev–Trinajstić information content (AvgIpc) is 3.17. The third kappa shape index (κ3) is 4.27. The van der Waals surface area contributed by atoms with Crippen LogP contribution in [0.25, 0.3) is 11.3 Å². The van der Waals surface area contributed by atoms with E-state index in [9.17, 15) is 9.18 Å². The molecule has 3 rings (SSSR count). The van der Waals surface area contributed by atoms with Crippen molar-refractivity contribution in [2.75, 3.05) is 13.7 Å². The Labute approximate surface area is 150 Å². The monoisotopic (exact) mass is 354 g/mol. The van der Waals surface area contributed by atoms with Crippen molar-refractivity contribution in [2.45, 2.75) is 12.8 Å². The van der Waals surface area contributed by atoms with E-state index in [-0.39, 0.29) is 17.4 Å². The first-order chi connectivity index (χ1) is 12.7. The number of aromatic nitrogens is 1. The lowest BCUT2D eigenvalue weighted by atomic mass is 10.1. The number of carbonyl (C=O) groups is 1. The van der Waals surface area contributed by atoms with Gasteiger partial charge in [0.1, 0.15) is 11.6 Å². The van der Waals surface area contributed by atoms with Crippen LogP contribution in [0.2, 0.25) is 0 Å². The van der Waals surface area contributed by atoms with Crippen molar-refractivity contribution < 1.29 is 18.4 Å². The molecule has 1 heterocycles. The van der Waals surface area contributed by atoms with E-state index in [4.69, 9.17) is 9.26 Å². The van der Waals surface area contributed by atoms with Crippen LogP contribution < -0.4 is 10.1 Å². The van der Waals surface area contributed by atoms with Gasteiger partial charge in [0.15, 0.2) is 11.5 Å². The zero-order valence-corrected chi connectivity index (χ0v) is 14.4. The molecule has 0 bridgehead atoms. The van der Waals surface area contributed by atoms with Gasteiger partial charge >= 0.3 is 0 Å². The Kier molecular flexibility index (Phi) is 5.63. The number of methoxy groups -OCH3 is 1. The minimum atomic E-state index is -0.318. The first-order valence-corrected chi connectivity index (χ1v) is 8.30. The minimum Gasteiger partial charge on any atom is -0.497 e. The summed E-state index contributed by atoms with van der Waals surface area (Å²) in [6, 6.07) is 15.5. The van der Waals surface area contributed by atoms with Crippen LogP contribution in [0.15, 0.2) is 59.1 Å². The van der Waals surface area contributed by atoms with Crippen molar-refractivity contribution in [3.8, 4) is 17.1 Å². The summed E-state index contributed by atoms with van der Waals surface area (Å²) in [6.07, 6.45) is 1.19. The summed E-state index contributed by atoms with van der Waals surface area (Å²) in [5.41, 5.74) is 1.66. The molecule has 3 aromatic rings. The Hall–Kier alpha value is -3.15. The van der Waals surface area contributed by atoms with E-state index in [1.54, 1.807) is 43.5 Å². The van der Waals surface area contributed by atoms with Gasteiger partial charge in [-0.05, 0) is 48.7 Å². The van der Waals surface area contributed by atoms with Gasteiger partial charge in [-0.15, -0.1) is 0 Å². The van der Waals surface area contributed by atoms with Crippen molar-refractivity contribution in [1.82, 2.24) is 10.5 Å². The van der Waals surface area contributed by atoms with E-state index >= 15 is 0 Å². The summed E-state index contributed by atoms with van der Waals surface area (Å²) in [6.45, 7) is 0.428. The van der Waals surface area contributed by atoms with Crippen LogP contribution in [-0.4, -0.2) is 24.7 Å². The molecule has 6 heteroatoms. The summed E-state index contributed by atoms with van der Waals surface area (Å²) < 4.78 is 23.9. The molecule has 0 aliphatic heterocycles. The van der Waals surface area contributed by atoms with Gasteiger partial charge in [-0.25, -0.2) is 4.39 Å². The van der Waals surface area contributed by atoms with Gasteiger partial charge in [0, 0.05) is 18.2 Å². The van der Waals surface area contributed by atoms with Crippen molar-refractivity contribution in [3.63, 3.8) is 0 Å². The molecule has 5 nitrogen and oxygen atoms in total. The number of amides is 1. The first-order valence-electron chi connectivity index (χ1n) is 8.30. The molecule has 0 unspecified atom stereocenters. The van der Waals surface area contributed by atoms with Crippen molar-refractivity contribution >= 4 is 5.91 Å². The van der Waals surface area contributed by atoms with Crippen LogP contribution in [0.4, 0.5) is 4.39 Å². The predicted molar refractivity (Wildman–Crippen MR) is 95.5 cm³/mol. The Morgan fingerprint density at radius 3 is 2.69 bits per heavy atom. The molecule has 26 heavy (non-hydrogen) atoms. The molecular weight excluding hydrogens is 335 g/mol. The van der Waals surface area contributed by atoms with E-state index in [2.05, 4.69) is 10.5 Å². The number of carbonyl (C=O) groups excluding carboxylic acids is 1. The number of hydrogen-bond acceptors (Lipinski definition) is 4. The third-order valence-electron chi connectivity index (χ3n) is 3.98. The Morgan fingerprint density at radius 1 is 1.19 bits per heavy atom. The maximum Gasteiger partial charge on any atom is 0.273 e. The number of ether oxygens (including phenoxy) is 1. The molecule has 0 saturated heterocycles. The number of benzene rings is 2. The maximum absolute atomic E-state index is 13.5. The maximum atomic E-state index is 13.5. The Morgan fingerprint density at radius 2 is 1.96 bits per heavy atom. The quantitative estimate of drug-likeness (QED) is 0.655. The second-order valence-electron chi connectivity index (χ2n) is 5.76. The van der Waals surface area contributed by atoms with Crippen LogP contribution >= 0.6 is 0 Å². The molecule has 1 N–H and O–H groups in total. The zero-order valence-electron chi connectivity index (χ0n) is 14.4. The van der Waals surface area contributed by atoms with Crippen molar-refractivity contribution in [1.29, 1.82) is 0 Å². The second kappa shape index (κ2) is 8.29. The van der Waals surface area contributed by atoms with Crippen LogP contribution in [-0.2, 0) is 6.42 Å². The normalized spacial score (nSPS) is 10.5. The molecule has 0 fully saturated rings. The van der Waals surface area contributed by atoms with Crippen LogP contribution in [0, 0.1) is 5.82 Å². The van der Waals surface area contributed by atoms with E-state index in [0.29, 0.717) is 30.7 Å². The summed E-state index contributed by atoms with van der Waals surface area (Å²) in [4.78, 5) is 12.1. The van der Waals surface area contributed by atoms with Gasteiger partial charge in [-0.1, -0.05) is 23.4 Å². The number of aryl methyl sites for hydroxylation is 1. The molecule has 0 radical (unpaired) electrons. The standard InChI is InChI=1S/C20H19FN2O3/c1-25-16-10-8-15(9-11-16)19-13-18(23-26-19)20(24)22-12-4-6-14-5-2-3-7-17(14)21/h2-3,5,7-11,13H,4,6,12H2,1H3,(H,22,24). The minimum absolute atomic E-state index is 0.210. The molecule has 1 amide bonds. The van der Waals surface area contributed by atoms with Gasteiger partial charge in [0.25, 0.3) is 5.91 Å². The number of nitrogens with zero attached hydrogens (tertiary/aromatic N) is 1. The highest BCUT2D eigenvalue weighted by atomic mass is 19.1. The van der Waals surface area contributed by atoms with Crippen molar-refractivity contribution in [3.05, 3.63) is 71.7 Å². The lowest BCUT2D eigenvalue weighted by Gasteiger charge is -2.04. The van der Waals surface area contributed by atoms with Gasteiger partial charge in [0.2, 0.25) is 0 Å². The lowest BCUT2D eigenvalue weighted by molar-refractivity contribution is 0.0944. The number of halogens is 1. The molecule has 2 aromatic carbocycles. The molecule has 1 aromatic heterocycles. The molecular formula is C20H19FN2O3. The molecule has 0 aliphatic carbocycles. The van der Waals surface area contributed by atoms with Crippen molar-refractivity contribution in [2.24, 2.45) is 0 Å².